The SMILES string of the molecule is COc1ccccc1OCC(=O)Nc1cccc2nc(C)ccc12. The van der Waals surface area contributed by atoms with Gasteiger partial charge in [-0.3, -0.25) is 9.78 Å². The van der Waals surface area contributed by atoms with Gasteiger partial charge in [-0.25, -0.2) is 0 Å². The van der Waals surface area contributed by atoms with E-state index < -0.39 is 0 Å². The maximum absolute atomic E-state index is 12.2. The molecule has 5 nitrogen and oxygen atoms in total. The summed E-state index contributed by atoms with van der Waals surface area (Å²) in [4.78, 5) is 16.7. The van der Waals surface area contributed by atoms with Crippen LogP contribution in [0.5, 0.6) is 11.5 Å². The molecule has 1 N–H and O–H groups in total. The fraction of sp³-hybridized carbons (Fsp3) is 0.158. The number of hydrogen-bond acceptors (Lipinski definition) is 4. The number of aromatic nitrogens is 1. The van der Waals surface area contributed by atoms with Crippen LogP contribution in [0.25, 0.3) is 10.9 Å². The molecule has 0 saturated heterocycles. The predicted octanol–water partition coefficient (Wildman–Crippen LogP) is 3.57. The fourth-order valence-electron chi connectivity index (χ4n) is 2.43. The number of hydrogen-bond donors (Lipinski definition) is 1. The largest absolute Gasteiger partial charge is 0.493 e. The Bertz CT molecular complexity index is 877. The second-order valence-corrected chi connectivity index (χ2v) is 5.31. The van der Waals surface area contributed by atoms with Crippen molar-refractivity contribution in [3.05, 3.63) is 60.3 Å². The van der Waals surface area contributed by atoms with Crippen LogP contribution >= 0.6 is 0 Å². The molecular weight excluding hydrogens is 304 g/mol. The Morgan fingerprint density at radius 3 is 2.62 bits per heavy atom. The summed E-state index contributed by atoms with van der Waals surface area (Å²) < 4.78 is 10.7. The van der Waals surface area contributed by atoms with Crippen molar-refractivity contribution >= 4 is 22.5 Å². The maximum atomic E-state index is 12.2. The Kier molecular flexibility index (Phi) is 4.61. The molecule has 5 heteroatoms. The van der Waals surface area contributed by atoms with Gasteiger partial charge in [-0.2, -0.15) is 0 Å². The molecule has 0 aliphatic rings. The first-order chi connectivity index (χ1) is 11.7. The van der Waals surface area contributed by atoms with Crippen molar-refractivity contribution in [3.63, 3.8) is 0 Å². The highest BCUT2D eigenvalue weighted by Crippen LogP contribution is 2.26. The lowest BCUT2D eigenvalue weighted by Crippen LogP contribution is -2.20. The number of carbonyl (C=O) groups is 1. The summed E-state index contributed by atoms with van der Waals surface area (Å²) in [5.41, 5.74) is 2.50. The molecule has 0 aliphatic heterocycles. The third-order valence-corrected chi connectivity index (χ3v) is 3.57. The van der Waals surface area contributed by atoms with E-state index in [2.05, 4.69) is 10.3 Å². The van der Waals surface area contributed by atoms with Crippen LogP contribution in [0.2, 0.25) is 0 Å². The van der Waals surface area contributed by atoms with Gasteiger partial charge in [0.05, 0.1) is 18.3 Å². The van der Waals surface area contributed by atoms with Gasteiger partial charge in [0.1, 0.15) is 0 Å². The molecule has 122 valence electrons. The van der Waals surface area contributed by atoms with Gasteiger partial charge >= 0.3 is 0 Å². The Hall–Kier alpha value is -3.08. The molecule has 1 heterocycles. The number of carbonyl (C=O) groups excluding carboxylic acids is 1. The number of aryl methyl sites for hydroxylation is 1. The number of amides is 1. The zero-order valence-corrected chi connectivity index (χ0v) is 13.6. The molecule has 1 amide bonds. The molecule has 1 aromatic heterocycles. The first kappa shape index (κ1) is 15.8. The van der Waals surface area contributed by atoms with Crippen LogP contribution in [0, 0.1) is 6.92 Å². The number of methoxy groups -OCH3 is 1. The van der Waals surface area contributed by atoms with E-state index >= 15 is 0 Å². The van der Waals surface area contributed by atoms with Crippen LogP contribution in [0.1, 0.15) is 5.69 Å². The van der Waals surface area contributed by atoms with Crippen LogP contribution in [0.4, 0.5) is 5.69 Å². The first-order valence-electron chi connectivity index (χ1n) is 7.59. The van der Waals surface area contributed by atoms with Crippen molar-refractivity contribution in [2.75, 3.05) is 19.0 Å². The number of fused-ring (bicyclic) bond motifs is 1. The molecule has 24 heavy (non-hydrogen) atoms. The van der Waals surface area contributed by atoms with Crippen molar-refractivity contribution in [2.24, 2.45) is 0 Å². The number of nitrogens with zero attached hydrogens (tertiary/aromatic N) is 1. The van der Waals surface area contributed by atoms with Crippen molar-refractivity contribution in [2.45, 2.75) is 6.92 Å². The summed E-state index contributed by atoms with van der Waals surface area (Å²) in [7, 11) is 1.56. The summed E-state index contributed by atoms with van der Waals surface area (Å²) in [5.74, 6) is 0.884. The number of anilines is 1. The van der Waals surface area contributed by atoms with E-state index in [1.807, 2.05) is 49.4 Å². The zero-order valence-electron chi connectivity index (χ0n) is 13.6. The number of benzene rings is 2. The highest BCUT2D eigenvalue weighted by atomic mass is 16.5. The van der Waals surface area contributed by atoms with Crippen LogP contribution in [0.15, 0.2) is 54.6 Å². The quantitative estimate of drug-likeness (QED) is 0.780. The van der Waals surface area contributed by atoms with Gasteiger partial charge in [-0.1, -0.05) is 18.2 Å². The summed E-state index contributed by atoms with van der Waals surface area (Å²) in [6.07, 6.45) is 0. The molecule has 0 aliphatic carbocycles. The minimum absolute atomic E-state index is 0.101. The van der Waals surface area contributed by atoms with E-state index in [1.165, 1.54) is 0 Å². The maximum Gasteiger partial charge on any atom is 0.262 e. The lowest BCUT2D eigenvalue weighted by atomic mass is 10.1. The van der Waals surface area contributed by atoms with Crippen molar-refractivity contribution in [3.8, 4) is 11.5 Å². The van der Waals surface area contributed by atoms with Gasteiger partial charge in [0, 0.05) is 11.1 Å². The zero-order chi connectivity index (χ0) is 16.9. The van der Waals surface area contributed by atoms with Crippen LogP contribution in [0.3, 0.4) is 0 Å². The molecular formula is C19H18N2O3. The molecule has 0 unspecified atom stereocenters. The van der Waals surface area contributed by atoms with Crippen molar-refractivity contribution in [1.29, 1.82) is 0 Å². The number of ether oxygens (including phenoxy) is 2. The number of para-hydroxylation sites is 2. The topological polar surface area (TPSA) is 60.5 Å². The molecule has 0 atom stereocenters. The Labute approximate surface area is 140 Å². The lowest BCUT2D eigenvalue weighted by molar-refractivity contribution is -0.118. The van der Waals surface area contributed by atoms with E-state index in [4.69, 9.17) is 9.47 Å². The minimum Gasteiger partial charge on any atom is -0.493 e. The van der Waals surface area contributed by atoms with E-state index in [9.17, 15) is 4.79 Å². The van der Waals surface area contributed by atoms with Gasteiger partial charge in [-0.05, 0) is 43.3 Å². The molecule has 0 saturated carbocycles. The Morgan fingerprint density at radius 2 is 1.83 bits per heavy atom. The second kappa shape index (κ2) is 7.00. The van der Waals surface area contributed by atoms with Crippen LogP contribution in [-0.2, 0) is 4.79 Å². The fourth-order valence-corrected chi connectivity index (χ4v) is 2.43. The average molecular weight is 322 g/mol. The van der Waals surface area contributed by atoms with E-state index in [0.29, 0.717) is 17.2 Å². The normalized spacial score (nSPS) is 10.4. The van der Waals surface area contributed by atoms with Gasteiger partial charge in [0.25, 0.3) is 5.91 Å². The van der Waals surface area contributed by atoms with E-state index in [-0.39, 0.29) is 12.5 Å². The van der Waals surface area contributed by atoms with Crippen molar-refractivity contribution in [1.82, 2.24) is 4.98 Å². The van der Waals surface area contributed by atoms with Gasteiger partial charge in [0.15, 0.2) is 18.1 Å². The molecule has 3 rings (SSSR count). The lowest BCUT2D eigenvalue weighted by Gasteiger charge is -2.11. The summed E-state index contributed by atoms with van der Waals surface area (Å²) in [6.45, 7) is 1.84. The van der Waals surface area contributed by atoms with Gasteiger partial charge < -0.3 is 14.8 Å². The predicted molar refractivity (Wildman–Crippen MR) is 93.6 cm³/mol. The van der Waals surface area contributed by atoms with Crippen LogP contribution in [-0.4, -0.2) is 24.6 Å². The summed E-state index contributed by atoms with van der Waals surface area (Å²) in [5, 5.41) is 3.76. The standard InChI is InChI=1S/C19H18N2O3/c1-13-10-11-14-15(20-13)6-5-7-16(14)21-19(22)12-24-18-9-4-3-8-17(18)23-2/h3-11H,12H2,1-2H3,(H,21,22). The first-order valence-corrected chi connectivity index (χ1v) is 7.59. The highest BCUT2D eigenvalue weighted by molar-refractivity contribution is 6.01. The summed E-state index contributed by atoms with van der Waals surface area (Å²) >= 11 is 0. The minimum atomic E-state index is -0.242. The number of nitrogens with one attached hydrogen (secondary N) is 1. The second-order valence-electron chi connectivity index (χ2n) is 5.31. The highest BCUT2D eigenvalue weighted by Gasteiger charge is 2.09. The monoisotopic (exact) mass is 322 g/mol. The Balaban J connectivity index is 1.71. The molecule has 3 aromatic rings. The molecule has 0 radical (unpaired) electrons. The molecule has 0 fully saturated rings. The summed E-state index contributed by atoms with van der Waals surface area (Å²) in [6, 6.07) is 16.7. The number of rotatable bonds is 5. The molecule has 2 aromatic carbocycles. The number of pyridine rings is 1. The van der Waals surface area contributed by atoms with E-state index in [0.717, 1.165) is 16.6 Å². The molecule has 0 spiro atoms. The smallest absolute Gasteiger partial charge is 0.262 e. The van der Waals surface area contributed by atoms with Crippen LogP contribution < -0.4 is 14.8 Å². The third-order valence-electron chi connectivity index (χ3n) is 3.57. The van der Waals surface area contributed by atoms with E-state index in [1.54, 1.807) is 19.2 Å². The van der Waals surface area contributed by atoms with Crippen molar-refractivity contribution < 1.29 is 14.3 Å². The average Bonchev–Trinajstić information content (AvgIpc) is 2.60. The van der Waals surface area contributed by atoms with Gasteiger partial charge in [0.2, 0.25) is 0 Å². The molecule has 0 bridgehead atoms. The Morgan fingerprint density at radius 1 is 1.04 bits per heavy atom. The third kappa shape index (κ3) is 3.46. The van der Waals surface area contributed by atoms with Gasteiger partial charge in [-0.15, -0.1) is 0 Å².